The first kappa shape index (κ1) is 25.6. The van der Waals surface area contributed by atoms with Crippen LogP contribution >= 0.6 is 46.1 Å². The van der Waals surface area contributed by atoms with Gasteiger partial charge in [-0.15, -0.1) is 11.3 Å². The fourth-order valence-corrected chi connectivity index (χ4v) is 6.56. The topological polar surface area (TPSA) is 49.9 Å². The van der Waals surface area contributed by atoms with Gasteiger partial charge in [-0.05, 0) is 72.2 Å². The fourth-order valence-electron chi connectivity index (χ4n) is 4.96. The average molecular weight is 564 g/mol. The number of hydrogen-bond donors (Lipinski definition) is 0. The maximum absolute atomic E-state index is 13.9. The second-order valence-electron chi connectivity index (χ2n) is 9.04. The predicted molar refractivity (Wildman–Crippen MR) is 144 cm³/mol. The van der Waals surface area contributed by atoms with Gasteiger partial charge in [-0.3, -0.25) is 9.59 Å². The van der Waals surface area contributed by atoms with Crippen LogP contribution in [-0.4, -0.2) is 54.0 Å². The molecule has 1 saturated heterocycles. The number of benzene rings is 2. The van der Waals surface area contributed by atoms with E-state index >= 15 is 0 Å². The first-order valence-corrected chi connectivity index (χ1v) is 13.9. The summed E-state index contributed by atoms with van der Waals surface area (Å²) in [6.45, 7) is 1.49. The number of thiophene rings is 1. The Morgan fingerprint density at radius 3 is 2.64 bits per heavy atom. The molecule has 36 heavy (non-hydrogen) atoms. The quantitative estimate of drug-likeness (QED) is 0.344. The highest BCUT2D eigenvalue weighted by atomic mass is 35.5. The van der Waals surface area contributed by atoms with Crippen molar-refractivity contribution in [2.45, 2.75) is 31.4 Å². The molecule has 3 heterocycles. The van der Waals surface area contributed by atoms with E-state index in [0.29, 0.717) is 40.3 Å². The summed E-state index contributed by atoms with van der Waals surface area (Å²) in [7, 11) is 0. The van der Waals surface area contributed by atoms with Gasteiger partial charge in [0.05, 0.1) is 12.1 Å². The molecule has 0 N–H and O–H groups in total. The van der Waals surface area contributed by atoms with Crippen molar-refractivity contribution in [2.75, 3.05) is 26.2 Å². The predicted octanol–water partition coefficient (Wildman–Crippen LogP) is 6.50. The van der Waals surface area contributed by atoms with Crippen molar-refractivity contribution in [3.05, 3.63) is 90.5 Å². The highest BCUT2D eigenvalue weighted by molar-refractivity contribution is 7.10. The van der Waals surface area contributed by atoms with Crippen molar-refractivity contribution in [1.29, 1.82) is 0 Å². The number of fused-ring (bicyclic) bond motifs is 1. The molecule has 0 aliphatic carbocycles. The first-order chi connectivity index (χ1) is 17.4. The summed E-state index contributed by atoms with van der Waals surface area (Å²) in [6, 6.07) is 13.9. The van der Waals surface area contributed by atoms with Crippen molar-refractivity contribution >= 4 is 58.0 Å². The molecule has 188 valence electrons. The monoisotopic (exact) mass is 562 g/mol. The van der Waals surface area contributed by atoms with Gasteiger partial charge in [-0.2, -0.15) is 0 Å². The third-order valence-electron chi connectivity index (χ3n) is 6.68. The van der Waals surface area contributed by atoms with Crippen LogP contribution in [0.4, 0.5) is 0 Å². The lowest BCUT2D eigenvalue weighted by Gasteiger charge is -2.38. The molecular weight excluding hydrogens is 539 g/mol. The number of rotatable bonds is 6. The molecule has 2 unspecified atom stereocenters. The van der Waals surface area contributed by atoms with Gasteiger partial charge in [0.15, 0.2) is 0 Å². The highest BCUT2D eigenvalue weighted by Crippen LogP contribution is 2.41. The molecule has 0 radical (unpaired) electrons. The van der Waals surface area contributed by atoms with Crippen LogP contribution in [0.1, 0.15) is 45.2 Å². The number of carbonyl (C=O) groups excluding carboxylic acids is 2. The van der Waals surface area contributed by atoms with Crippen LogP contribution in [0.15, 0.2) is 53.9 Å². The van der Waals surface area contributed by atoms with E-state index in [1.807, 2.05) is 16.3 Å². The van der Waals surface area contributed by atoms with E-state index in [0.717, 1.165) is 30.4 Å². The lowest BCUT2D eigenvalue weighted by Crippen LogP contribution is -2.48. The Kier molecular flexibility index (Phi) is 7.89. The molecule has 2 aliphatic heterocycles. The summed E-state index contributed by atoms with van der Waals surface area (Å²) < 4.78 is 5.80. The molecule has 5 rings (SSSR count). The molecule has 5 nitrogen and oxygen atoms in total. The van der Waals surface area contributed by atoms with E-state index in [4.69, 9.17) is 39.5 Å². The van der Waals surface area contributed by atoms with Crippen LogP contribution in [0.5, 0.6) is 0 Å². The molecule has 2 amide bonds. The third-order valence-corrected chi connectivity index (χ3v) is 8.47. The van der Waals surface area contributed by atoms with Gasteiger partial charge < -0.3 is 14.5 Å². The van der Waals surface area contributed by atoms with Crippen LogP contribution in [0.2, 0.25) is 15.1 Å². The van der Waals surface area contributed by atoms with Gasteiger partial charge in [0.1, 0.15) is 6.54 Å². The SMILES string of the molecule is O=C(c1cccc(Cl)c1)N(CC(=O)N1CCc2sccc2C1c1ccc(Cl)cc1Cl)CC1CCCO1. The zero-order valence-electron chi connectivity index (χ0n) is 19.5. The standard InChI is InChI=1S/C27H25Cl3N2O3S/c28-18-4-1-3-17(13-18)27(34)31(15-20-5-2-11-35-20)16-25(33)32-10-8-24-22(9-12-36-24)26(32)21-7-6-19(29)14-23(21)30/h1,3-4,6-7,9,12-14,20,26H,2,5,8,10-11,15-16H2. The molecule has 1 fully saturated rings. The highest BCUT2D eigenvalue weighted by Gasteiger charge is 2.36. The number of nitrogens with zero attached hydrogens (tertiary/aromatic N) is 2. The maximum atomic E-state index is 13.9. The van der Waals surface area contributed by atoms with Crippen molar-refractivity contribution in [1.82, 2.24) is 9.80 Å². The number of hydrogen-bond acceptors (Lipinski definition) is 4. The van der Waals surface area contributed by atoms with Crippen molar-refractivity contribution in [3.63, 3.8) is 0 Å². The van der Waals surface area contributed by atoms with Crippen LogP contribution in [-0.2, 0) is 16.0 Å². The molecule has 2 aromatic carbocycles. The second-order valence-corrected chi connectivity index (χ2v) is 11.3. The van der Waals surface area contributed by atoms with Crippen molar-refractivity contribution in [3.8, 4) is 0 Å². The summed E-state index contributed by atoms with van der Waals surface area (Å²) in [4.78, 5) is 32.0. The van der Waals surface area contributed by atoms with E-state index in [1.54, 1.807) is 52.6 Å². The van der Waals surface area contributed by atoms with E-state index in [9.17, 15) is 9.59 Å². The van der Waals surface area contributed by atoms with E-state index < -0.39 is 0 Å². The molecule has 1 aromatic heterocycles. The van der Waals surface area contributed by atoms with Gasteiger partial charge in [0.25, 0.3) is 5.91 Å². The molecular formula is C27H25Cl3N2O3S. The Labute approximate surface area is 229 Å². The fraction of sp³-hybridized carbons (Fsp3) is 0.333. The van der Waals surface area contributed by atoms with Crippen molar-refractivity contribution < 1.29 is 14.3 Å². The molecule has 2 aliphatic rings. The minimum atomic E-state index is -0.344. The Balaban J connectivity index is 1.45. The summed E-state index contributed by atoms with van der Waals surface area (Å²) in [6.07, 6.45) is 2.47. The molecule has 0 saturated carbocycles. The van der Waals surface area contributed by atoms with Crippen LogP contribution in [0, 0.1) is 0 Å². The Morgan fingerprint density at radius 2 is 1.89 bits per heavy atom. The summed E-state index contributed by atoms with van der Waals surface area (Å²) in [5, 5.41) is 3.57. The van der Waals surface area contributed by atoms with Crippen molar-refractivity contribution in [2.24, 2.45) is 0 Å². The maximum Gasteiger partial charge on any atom is 0.254 e. The van der Waals surface area contributed by atoms with Crippen LogP contribution in [0.25, 0.3) is 0 Å². The Bertz CT molecular complexity index is 1270. The minimum Gasteiger partial charge on any atom is -0.376 e. The Hall–Kier alpha value is -2.09. The number of halogens is 3. The largest absolute Gasteiger partial charge is 0.376 e. The first-order valence-electron chi connectivity index (χ1n) is 11.9. The van der Waals surface area contributed by atoms with E-state index in [2.05, 4.69) is 6.07 Å². The minimum absolute atomic E-state index is 0.0631. The summed E-state index contributed by atoms with van der Waals surface area (Å²) in [5.74, 6) is -0.383. The van der Waals surface area contributed by atoms with Gasteiger partial charge in [-0.25, -0.2) is 0 Å². The van der Waals surface area contributed by atoms with Gasteiger partial charge in [-0.1, -0.05) is 46.9 Å². The number of carbonyl (C=O) groups is 2. The zero-order valence-corrected chi connectivity index (χ0v) is 22.5. The normalized spacial score (nSPS) is 19.2. The van der Waals surface area contributed by atoms with Crippen LogP contribution in [0.3, 0.4) is 0 Å². The second kappa shape index (κ2) is 11.1. The molecule has 0 bridgehead atoms. The third kappa shape index (κ3) is 5.43. The van der Waals surface area contributed by atoms with E-state index in [-0.39, 0.29) is 30.5 Å². The van der Waals surface area contributed by atoms with Crippen LogP contribution < -0.4 is 0 Å². The van der Waals surface area contributed by atoms with Gasteiger partial charge >= 0.3 is 0 Å². The lowest BCUT2D eigenvalue weighted by molar-refractivity contribution is -0.134. The number of ether oxygens (including phenoxy) is 1. The molecule has 9 heteroatoms. The summed E-state index contributed by atoms with van der Waals surface area (Å²) in [5.41, 5.74) is 2.33. The smallest absolute Gasteiger partial charge is 0.254 e. The molecule has 2 atom stereocenters. The molecule has 3 aromatic rings. The summed E-state index contributed by atoms with van der Waals surface area (Å²) >= 11 is 20.6. The average Bonchev–Trinajstić information content (AvgIpc) is 3.55. The number of amides is 2. The van der Waals surface area contributed by atoms with Gasteiger partial charge in [0, 0.05) is 45.2 Å². The zero-order chi connectivity index (χ0) is 25.2. The molecule has 0 spiro atoms. The van der Waals surface area contributed by atoms with E-state index in [1.165, 1.54) is 4.88 Å². The van der Waals surface area contributed by atoms with Gasteiger partial charge in [0.2, 0.25) is 5.91 Å². The Morgan fingerprint density at radius 1 is 1.06 bits per heavy atom. The lowest BCUT2D eigenvalue weighted by atomic mass is 9.93.